The Balaban J connectivity index is 0.000000237. The van der Waals surface area contributed by atoms with Crippen molar-refractivity contribution >= 4 is 27.0 Å². The van der Waals surface area contributed by atoms with Crippen LogP contribution in [0.25, 0.3) is 43.8 Å². The molecule has 0 spiro atoms. The molecule has 0 unspecified atom stereocenters. The first-order chi connectivity index (χ1) is 18.5. The molecule has 0 aliphatic heterocycles. The van der Waals surface area contributed by atoms with Crippen molar-refractivity contribution in [3.05, 3.63) is 132 Å². The number of benzene rings is 4. The molecule has 0 atom stereocenters. The minimum absolute atomic E-state index is 0. The van der Waals surface area contributed by atoms with Gasteiger partial charge in [-0.2, -0.15) is 0 Å². The van der Waals surface area contributed by atoms with Gasteiger partial charge in [-0.15, -0.1) is 69.1 Å². The van der Waals surface area contributed by atoms with Gasteiger partial charge in [0.05, 0.1) is 0 Å². The Bertz CT molecular complexity index is 1460. The van der Waals surface area contributed by atoms with Gasteiger partial charge in [0.15, 0.2) is 0 Å². The van der Waals surface area contributed by atoms with Crippen LogP contribution < -0.4 is 24.8 Å². The Hall–Kier alpha value is -2.22. The maximum Gasteiger partial charge on any atom is -1.00 e. The molecular weight excluding hydrogens is 623 g/mol. The molecule has 0 aliphatic carbocycles. The van der Waals surface area contributed by atoms with Gasteiger partial charge in [0.25, 0.3) is 0 Å². The van der Waals surface area contributed by atoms with Crippen molar-refractivity contribution in [3.63, 3.8) is 0 Å². The Labute approximate surface area is 267 Å². The van der Waals surface area contributed by atoms with Crippen LogP contribution in [0.4, 0.5) is 0 Å². The predicted molar refractivity (Wildman–Crippen MR) is 166 cm³/mol. The van der Waals surface area contributed by atoms with Crippen LogP contribution in [0.15, 0.2) is 121 Å². The summed E-state index contributed by atoms with van der Waals surface area (Å²) in [6.07, 6.45) is 2.16. The molecule has 0 nitrogen and oxygen atoms in total. The third-order valence-corrected chi connectivity index (χ3v) is 6.65. The number of fused-ring (bicyclic) bond motifs is 2. The fourth-order valence-electron chi connectivity index (χ4n) is 4.83. The van der Waals surface area contributed by atoms with Gasteiger partial charge in [-0.1, -0.05) is 121 Å². The van der Waals surface area contributed by atoms with Gasteiger partial charge in [0.1, 0.15) is 0 Å². The maximum atomic E-state index is 2.31. The van der Waals surface area contributed by atoms with Gasteiger partial charge in [0, 0.05) is 0 Å². The minimum Gasteiger partial charge on any atom is -1.00 e. The first kappa shape index (κ1) is 34.0. The summed E-state index contributed by atoms with van der Waals surface area (Å²) in [6.45, 7) is 9.04. The Kier molecular flexibility index (Phi) is 14.4. The fraction of sp³-hybridized carbons (Fsp3) is 0.167. The van der Waals surface area contributed by atoms with E-state index >= 15 is 0 Å². The van der Waals surface area contributed by atoms with Crippen LogP contribution in [-0.2, 0) is 36.2 Å². The van der Waals surface area contributed by atoms with Crippen LogP contribution in [0.2, 0.25) is 13.1 Å². The van der Waals surface area contributed by atoms with Crippen LogP contribution in [0.3, 0.4) is 0 Å². The van der Waals surface area contributed by atoms with Gasteiger partial charge in [0.2, 0.25) is 0 Å². The van der Waals surface area contributed by atoms with E-state index in [2.05, 4.69) is 148 Å². The van der Waals surface area contributed by atoms with Gasteiger partial charge in [-0.25, -0.2) is 0 Å². The molecule has 6 aromatic rings. The second-order valence-corrected chi connectivity index (χ2v) is 19.1. The topological polar surface area (TPSA) is 0 Å². The van der Waals surface area contributed by atoms with E-state index in [4.69, 9.17) is 0 Å². The molecule has 0 heterocycles. The smallest absolute Gasteiger partial charge is 1.00 e. The first-order valence-electron chi connectivity index (χ1n) is 13.5. The van der Waals surface area contributed by atoms with Crippen LogP contribution in [-0.4, -0.2) is 5.43 Å². The molecule has 6 rings (SSSR count). The summed E-state index contributed by atoms with van der Waals surface area (Å²) in [7, 11) is 0. The molecule has 0 aliphatic rings. The molecule has 0 fully saturated rings. The Morgan fingerprint density at radius 1 is 0.550 bits per heavy atom. The standard InChI is InChI=1S/2C17H15.C2H6Si.2ClH.Zr/c2*1-2-13-7-5-6-10-17(13)16-11-14-8-3-4-9-15(14)12-16;1-3-2;;;/h2*3-12H,2H2,1H3;1-2H3;2*1H;/q2*-1;;;;+2/p-2. The molecule has 204 valence electrons. The van der Waals surface area contributed by atoms with Gasteiger partial charge < -0.3 is 24.8 Å². The van der Waals surface area contributed by atoms with E-state index in [9.17, 15) is 0 Å². The van der Waals surface area contributed by atoms with E-state index in [1.165, 1.54) is 54.9 Å². The molecule has 4 heteroatoms. The number of hydrogen-bond donors (Lipinski definition) is 0. The Morgan fingerprint density at radius 3 is 1.23 bits per heavy atom. The minimum atomic E-state index is 0. The Morgan fingerprint density at radius 2 is 0.875 bits per heavy atom. The molecule has 6 aromatic carbocycles. The third kappa shape index (κ3) is 8.89. The van der Waals surface area contributed by atoms with E-state index in [1.807, 2.05) is 0 Å². The van der Waals surface area contributed by atoms with E-state index in [1.54, 1.807) is 23.3 Å². The zero-order valence-electron chi connectivity index (χ0n) is 23.7. The van der Waals surface area contributed by atoms with E-state index < -0.39 is 0 Å². The third-order valence-electron chi connectivity index (χ3n) is 6.65. The molecular formula is C36H36Cl2SiZr-2. The summed E-state index contributed by atoms with van der Waals surface area (Å²) >= 11 is 1.74. The van der Waals surface area contributed by atoms with Crippen molar-refractivity contribution < 1.29 is 48.1 Å². The van der Waals surface area contributed by atoms with E-state index in [0.29, 0.717) is 0 Å². The van der Waals surface area contributed by atoms with Crippen LogP contribution >= 0.6 is 0 Å². The summed E-state index contributed by atoms with van der Waals surface area (Å²) in [5, 5.41) is 5.31. The average Bonchev–Trinajstić information content (AvgIpc) is 3.57. The monoisotopic (exact) mass is 656 g/mol. The SMILES string of the molecule is CCc1ccccc1-c1cc2ccccc2[cH-]1.CCc1ccccc1-c1cc2ccccc2[cH-]1.C[Si](C)=[Zr+2].[Cl-].[Cl-]. The maximum absolute atomic E-state index is 2.31. The number of aryl methyl sites for hydroxylation is 2. The van der Waals surface area contributed by atoms with Crippen molar-refractivity contribution in [1.29, 1.82) is 0 Å². The summed E-state index contributed by atoms with van der Waals surface area (Å²) in [4.78, 5) is 0. The molecule has 0 N–H and O–H groups in total. The molecule has 0 saturated heterocycles. The quantitative estimate of drug-likeness (QED) is 0.195. The summed E-state index contributed by atoms with van der Waals surface area (Å²) in [5.74, 6) is 0. The van der Waals surface area contributed by atoms with Crippen molar-refractivity contribution in [3.8, 4) is 22.3 Å². The van der Waals surface area contributed by atoms with Gasteiger partial charge >= 0.3 is 41.9 Å². The largest absolute Gasteiger partial charge is 1.00 e. The molecule has 0 radical (unpaired) electrons. The van der Waals surface area contributed by atoms with Crippen LogP contribution in [0.1, 0.15) is 25.0 Å². The molecule has 0 aromatic heterocycles. The fourth-order valence-corrected chi connectivity index (χ4v) is 4.83. The van der Waals surface area contributed by atoms with E-state index in [0.717, 1.165) is 12.8 Å². The van der Waals surface area contributed by atoms with Crippen molar-refractivity contribution in [2.45, 2.75) is 39.8 Å². The summed E-state index contributed by atoms with van der Waals surface area (Å²) < 4.78 is 0. The van der Waals surface area contributed by atoms with E-state index in [-0.39, 0.29) is 30.2 Å². The number of hydrogen-bond acceptors (Lipinski definition) is 0. The van der Waals surface area contributed by atoms with Gasteiger partial charge in [-0.05, 0) is 12.8 Å². The van der Waals surface area contributed by atoms with Crippen molar-refractivity contribution in [1.82, 2.24) is 0 Å². The summed E-state index contributed by atoms with van der Waals surface area (Å²) in [5.41, 5.74) is 8.46. The molecule has 0 amide bonds. The second kappa shape index (κ2) is 16.9. The average molecular weight is 659 g/mol. The number of halogens is 2. The zero-order valence-corrected chi connectivity index (χ0v) is 28.7. The van der Waals surface area contributed by atoms with Crippen LogP contribution in [0.5, 0.6) is 0 Å². The summed E-state index contributed by atoms with van der Waals surface area (Å²) in [6, 6.07) is 43.5. The van der Waals surface area contributed by atoms with Gasteiger partial charge in [-0.3, -0.25) is 0 Å². The molecule has 0 saturated carbocycles. The molecule has 0 bridgehead atoms. The van der Waals surface area contributed by atoms with Crippen molar-refractivity contribution in [2.75, 3.05) is 0 Å². The normalized spacial score (nSPS) is 9.95. The van der Waals surface area contributed by atoms with Crippen LogP contribution in [0, 0.1) is 0 Å². The molecule has 40 heavy (non-hydrogen) atoms. The predicted octanol–water partition coefficient (Wildman–Crippen LogP) is 4.37. The zero-order chi connectivity index (χ0) is 26.9. The van der Waals surface area contributed by atoms with Crippen molar-refractivity contribution in [2.24, 2.45) is 0 Å². The first-order valence-corrected chi connectivity index (χ1v) is 19.7. The second-order valence-electron chi connectivity index (χ2n) is 9.77. The number of rotatable bonds is 4.